The maximum Gasteiger partial charge on any atom is 0.125 e. The molecule has 0 saturated carbocycles. The predicted octanol–water partition coefficient (Wildman–Crippen LogP) is 3.14. The third-order valence-electron chi connectivity index (χ3n) is 3.51. The highest BCUT2D eigenvalue weighted by Gasteiger charge is 2.30. The first-order valence-electron chi connectivity index (χ1n) is 6.28. The zero-order chi connectivity index (χ0) is 13.1. The van der Waals surface area contributed by atoms with E-state index in [1.807, 2.05) is 13.1 Å². The van der Waals surface area contributed by atoms with Crippen molar-refractivity contribution in [2.45, 2.75) is 25.5 Å². The van der Waals surface area contributed by atoms with E-state index in [9.17, 15) is 0 Å². The first-order chi connectivity index (χ1) is 8.65. The minimum absolute atomic E-state index is 0.198. The molecule has 3 atom stereocenters. The van der Waals surface area contributed by atoms with Crippen molar-refractivity contribution in [3.05, 3.63) is 28.2 Å². The molecular formula is C14H20BrNO2. The number of hydrogen-bond donors (Lipinski definition) is 1. The Balaban J connectivity index is 2.23. The lowest BCUT2D eigenvalue weighted by atomic mass is 9.91. The average molecular weight is 314 g/mol. The zero-order valence-corrected chi connectivity index (χ0v) is 12.7. The summed E-state index contributed by atoms with van der Waals surface area (Å²) in [4.78, 5) is 0. The summed E-state index contributed by atoms with van der Waals surface area (Å²) in [7, 11) is 3.74. The fraction of sp³-hybridized carbons (Fsp3) is 0.571. The van der Waals surface area contributed by atoms with Gasteiger partial charge in [0.05, 0.1) is 6.61 Å². The minimum Gasteiger partial charge on any atom is -0.490 e. The van der Waals surface area contributed by atoms with Gasteiger partial charge in [0.25, 0.3) is 0 Å². The summed E-state index contributed by atoms with van der Waals surface area (Å²) in [6.07, 6.45) is 1.18. The lowest BCUT2D eigenvalue weighted by Crippen LogP contribution is -2.36. The van der Waals surface area contributed by atoms with Gasteiger partial charge in [-0.1, -0.05) is 28.9 Å². The van der Waals surface area contributed by atoms with Crippen molar-refractivity contribution in [3.8, 4) is 5.75 Å². The van der Waals surface area contributed by atoms with Gasteiger partial charge in [0.15, 0.2) is 0 Å². The van der Waals surface area contributed by atoms with Gasteiger partial charge in [0.2, 0.25) is 0 Å². The van der Waals surface area contributed by atoms with Crippen LogP contribution in [0.15, 0.2) is 22.7 Å². The summed E-state index contributed by atoms with van der Waals surface area (Å²) in [6, 6.07) is 6.58. The van der Waals surface area contributed by atoms with Crippen LogP contribution in [0.2, 0.25) is 0 Å². The van der Waals surface area contributed by atoms with E-state index in [-0.39, 0.29) is 6.10 Å². The number of ether oxygens (including phenoxy) is 2. The Morgan fingerprint density at radius 2 is 2.33 bits per heavy atom. The second-order valence-electron chi connectivity index (χ2n) is 4.85. The van der Waals surface area contributed by atoms with E-state index in [0.717, 1.165) is 23.2 Å². The second kappa shape index (κ2) is 6.04. The fourth-order valence-corrected chi connectivity index (χ4v) is 2.80. The summed E-state index contributed by atoms with van der Waals surface area (Å²) in [5.74, 6) is 1.36. The number of hydrogen-bond acceptors (Lipinski definition) is 3. The first kappa shape index (κ1) is 13.8. The van der Waals surface area contributed by atoms with Gasteiger partial charge in [0, 0.05) is 35.5 Å². The maximum atomic E-state index is 6.11. The maximum absolute atomic E-state index is 6.11. The van der Waals surface area contributed by atoms with Crippen LogP contribution in [0.4, 0.5) is 0 Å². The zero-order valence-electron chi connectivity index (χ0n) is 11.1. The molecule has 0 amide bonds. The monoisotopic (exact) mass is 313 g/mol. The summed E-state index contributed by atoms with van der Waals surface area (Å²) >= 11 is 3.49. The molecule has 1 heterocycles. The Bertz CT molecular complexity index is 411. The van der Waals surface area contributed by atoms with Gasteiger partial charge in [-0.2, -0.15) is 0 Å². The molecule has 1 N–H and O–H groups in total. The fourth-order valence-electron chi connectivity index (χ4n) is 2.46. The molecule has 100 valence electrons. The topological polar surface area (TPSA) is 30.5 Å². The SMILES string of the molecule is CNC1CC(C(C)COC)Oc2cc(Br)ccc21. The van der Waals surface area contributed by atoms with E-state index < -0.39 is 0 Å². The molecule has 0 aromatic heterocycles. The molecule has 3 unspecified atom stereocenters. The third kappa shape index (κ3) is 2.87. The molecule has 0 bridgehead atoms. The molecule has 1 aromatic rings. The van der Waals surface area contributed by atoms with E-state index in [4.69, 9.17) is 9.47 Å². The van der Waals surface area contributed by atoms with Crippen LogP contribution in [0.25, 0.3) is 0 Å². The number of halogens is 1. The van der Waals surface area contributed by atoms with Crippen LogP contribution >= 0.6 is 15.9 Å². The van der Waals surface area contributed by atoms with Crippen LogP contribution in [0.1, 0.15) is 24.9 Å². The van der Waals surface area contributed by atoms with Gasteiger partial charge in [-0.3, -0.25) is 0 Å². The number of rotatable bonds is 4. The van der Waals surface area contributed by atoms with Crippen LogP contribution < -0.4 is 10.1 Å². The van der Waals surface area contributed by atoms with Crippen LogP contribution in [0.3, 0.4) is 0 Å². The van der Waals surface area contributed by atoms with Crippen molar-refractivity contribution in [2.24, 2.45) is 5.92 Å². The number of methoxy groups -OCH3 is 1. The van der Waals surface area contributed by atoms with Crippen molar-refractivity contribution < 1.29 is 9.47 Å². The smallest absolute Gasteiger partial charge is 0.125 e. The second-order valence-corrected chi connectivity index (χ2v) is 5.76. The normalized spacial score (nSPS) is 24.2. The van der Waals surface area contributed by atoms with E-state index in [1.54, 1.807) is 7.11 Å². The summed E-state index contributed by atoms with van der Waals surface area (Å²) in [5.41, 5.74) is 1.24. The lowest BCUT2D eigenvalue weighted by molar-refractivity contribution is 0.0508. The Labute approximate surface area is 117 Å². The van der Waals surface area contributed by atoms with Gasteiger partial charge >= 0.3 is 0 Å². The molecule has 3 nitrogen and oxygen atoms in total. The summed E-state index contributed by atoms with van der Waals surface area (Å²) in [5, 5.41) is 3.37. The van der Waals surface area contributed by atoms with Crippen molar-refractivity contribution in [1.82, 2.24) is 5.32 Å². The Kier molecular flexibility index (Phi) is 4.65. The molecule has 0 radical (unpaired) electrons. The minimum atomic E-state index is 0.198. The molecular weight excluding hydrogens is 294 g/mol. The largest absolute Gasteiger partial charge is 0.490 e. The van der Waals surface area contributed by atoms with Gasteiger partial charge in [-0.15, -0.1) is 0 Å². The van der Waals surface area contributed by atoms with E-state index in [0.29, 0.717) is 12.0 Å². The number of nitrogens with one attached hydrogen (secondary N) is 1. The number of fused-ring (bicyclic) bond motifs is 1. The summed E-state index contributed by atoms with van der Waals surface area (Å²) in [6.45, 7) is 2.90. The average Bonchev–Trinajstić information content (AvgIpc) is 2.37. The summed E-state index contributed by atoms with van der Waals surface area (Å²) < 4.78 is 12.4. The van der Waals surface area contributed by atoms with E-state index in [1.165, 1.54) is 5.56 Å². The van der Waals surface area contributed by atoms with Crippen molar-refractivity contribution in [3.63, 3.8) is 0 Å². The van der Waals surface area contributed by atoms with Gasteiger partial charge in [0.1, 0.15) is 11.9 Å². The Morgan fingerprint density at radius 3 is 3.00 bits per heavy atom. The molecule has 0 aliphatic carbocycles. The Hall–Kier alpha value is -0.580. The molecule has 0 saturated heterocycles. The number of benzene rings is 1. The van der Waals surface area contributed by atoms with Crippen LogP contribution in [-0.4, -0.2) is 26.9 Å². The molecule has 1 aliphatic heterocycles. The highest BCUT2D eigenvalue weighted by atomic mass is 79.9. The lowest BCUT2D eigenvalue weighted by Gasteiger charge is -2.35. The molecule has 18 heavy (non-hydrogen) atoms. The van der Waals surface area contributed by atoms with Crippen LogP contribution in [0, 0.1) is 5.92 Å². The van der Waals surface area contributed by atoms with Crippen LogP contribution in [-0.2, 0) is 4.74 Å². The van der Waals surface area contributed by atoms with E-state index in [2.05, 4.69) is 40.3 Å². The van der Waals surface area contributed by atoms with Crippen molar-refractivity contribution in [1.29, 1.82) is 0 Å². The van der Waals surface area contributed by atoms with Crippen molar-refractivity contribution in [2.75, 3.05) is 20.8 Å². The molecule has 0 spiro atoms. The molecule has 4 heteroatoms. The van der Waals surface area contributed by atoms with Gasteiger partial charge in [-0.05, 0) is 19.2 Å². The highest BCUT2D eigenvalue weighted by Crippen LogP contribution is 2.38. The molecule has 0 fully saturated rings. The Morgan fingerprint density at radius 1 is 1.56 bits per heavy atom. The standard InChI is InChI=1S/C14H20BrNO2/c1-9(8-17-3)13-7-12(16-2)11-5-4-10(15)6-14(11)18-13/h4-6,9,12-13,16H,7-8H2,1-3H3. The van der Waals surface area contributed by atoms with E-state index >= 15 is 0 Å². The highest BCUT2D eigenvalue weighted by molar-refractivity contribution is 9.10. The molecule has 1 aliphatic rings. The molecule has 1 aromatic carbocycles. The quantitative estimate of drug-likeness (QED) is 0.926. The predicted molar refractivity (Wildman–Crippen MR) is 76.0 cm³/mol. The molecule has 2 rings (SSSR count). The third-order valence-corrected chi connectivity index (χ3v) is 4.00. The van der Waals surface area contributed by atoms with Gasteiger partial charge < -0.3 is 14.8 Å². The van der Waals surface area contributed by atoms with Crippen LogP contribution in [0.5, 0.6) is 5.75 Å². The van der Waals surface area contributed by atoms with Crippen molar-refractivity contribution >= 4 is 15.9 Å². The first-order valence-corrected chi connectivity index (χ1v) is 7.07. The van der Waals surface area contributed by atoms with Gasteiger partial charge in [-0.25, -0.2) is 0 Å².